The zero-order chi connectivity index (χ0) is 21.3. The van der Waals surface area contributed by atoms with Crippen LogP contribution in [0.25, 0.3) is 11.0 Å². The number of piperidine rings is 1. The van der Waals surface area contributed by atoms with Crippen molar-refractivity contribution < 1.29 is 9.59 Å². The number of likely N-dealkylation sites (tertiary alicyclic amines) is 1. The number of aryl methyl sites for hydroxylation is 2. The molecular weight excluding hydrogens is 382 g/mol. The van der Waals surface area contributed by atoms with Crippen LogP contribution in [0.3, 0.4) is 0 Å². The van der Waals surface area contributed by atoms with Crippen LogP contribution in [0.2, 0.25) is 0 Å². The van der Waals surface area contributed by atoms with Crippen molar-refractivity contribution >= 4 is 22.8 Å². The van der Waals surface area contributed by atoms with Gasteiger partial charge >= 0.3 is 5.69 Å². The lowest BCUT2D eigenvalue weighted by molar-refractivity contribution is -0.139. The predicted octanol–water partition coefficient (Wildman–Crippen LogP) is 1.33. The van der Waals surface area contributed by atoms with E-state index in [1.807, 2.05) is 36.4 Å². The van der Waals surface area contributed by atoms with E-state index < -0.39 is 0 Å². The molecule has 1 saturated heterocycles. The second-order valence-corrected chi connectivity index (χ2v) is 7.77. The second-order valence-electron chi connectivity index (χ2n) is 7.77. The molecule has 1 N–H and O–H groups in total. The van der Waals surface area contributed by atoms with E-state index in [0.717, 1.165) is 22.3 Å². The summed E-state index contributed by atoms with van der Waals surface area (Å²) in [5, 5.41) is 2.99. The van der Waals surface area contributed by atoms with Crippen molar-refractivity contribution in [3.8, 4) is 0 Å². The van der Waals surface area contributed by atoms with Crippen LogP contribution in [-0.4, -0.2) is 37.4 Å². The van der Waals surface area contributed by atoms with Gasteiger partial charge in [0.2, 0.25) is 11.8 Å². The predicted molar refractivity (Wildman–Crippen MR) is 112 cm³/mol. The number of nitrogens with one attached hydrogen (secondary N) is 1. The van der Waals surface area contributed by atoms with Gasteiger partial charge in [0.1, 0.15) is 0 Å². The number of benzene rings is 1. The van der Waals surface area contributed by atoms with Gasteiger partial charge in [0.15, 0.2) is 0 Å². The smallest absolute Gasteiger partial charge is 0.328 e. The number of carbonyl (C=O) groups excluding carboxylic acids is 2. The van der Waals surface area contributed by atoms with Gasteiger partial charge in [-0.2, -0.15) is 0 Å². The number of aromatic nitrogens is 3. The number of hydrogen-bond donors (Lipinski definition) is 1. The third-order valence-electron chi connectivity index (χ3n) is 5.75. The zero-order valence-electron chi connectivity index (χ0n) is 17.2. The molecule has 1 atom stereocenters. The maximum atomic E-state index is 12.7. The summed E-state index contributed by atoms with van der Waals surface area (Å²) >= 11 is 0. The van der Waals surface area contributed by atoms with Crippen LogP contribution < -0.4 is 11.0 Å². The Morgan fingerprint density at radius 3 is 2.70 bits per heavy atom. The van der Waals surface area contributed by atoms with E-state index >= 15 is 0 Å². The Balaban J connectivity index is 1.40. The summed E-state index contributed by atoms with van der Waals surface area (Å²) in [6.07, 6.45) is 2.62. The van der Waals surface area contributed by atoms with Gasteiger partial charge in [-0.3, -0.25) is 23.7 Å². The van der Waals surface area contributed by atoms with Crippen molar-refractivity contribution in [2.45, 2.75) is 25.9 Å². The van der Waals surface area contributed by atoms with Crippen LogP contribution in [0.1, 0.15) is 24.1 Å². The second kappa shape index (κ2) is 8.14. The van der Waals surface area contributed by atoms with Gasteiger partial charge in [0.25, 0.3) is 0 Å². The Kier molecular flexibility index (Phi) is 5.39. The molecule has 1 aliphatic heterocycles. The molecule has 1 aromatic carbocycles. The van der Waals surface area contributed by atoms with E-state index in [1.54, 1.807) is 34.3 Å². The minimum Gasteiger partial charge on any atom is -0.352 e. The molecule has 0 bridgehead atoms. The fourth-order valence-corrected chi connectivity index (χ4v) is 3.96. The SMILES string of the molecule is Cn1c(=O)n(C)c2cc(CNC(=O)[C@H]3CCC(=O)N(Cc4ccccn4)C3)ccc21. The van der Waals surface area contributed by atoms with Crippen LogP contribution >= 0.6 is 0 Å². The van der Waals surface area contributed by atoms with Crippen molar-refractivity contribution in [1.82, 2.24) is 24.3 Å². The largest absolute Gasteiger partial charge is 0.352 e. The molecule has 1 fully saturated rings. The number of imidazole rings is 1. The number of amides is 2. The van der Waals surface area contributed by atoms with Crippen molar-refractivity contribution in [2.24, 2.45) is 20.0 Å². The van der Waals surface area contributed by atoms with Gasteiger partial charge in [0.05, 0.1) is 29.2 Å². The zero-order valence-corrected chi connectivity index (χ0v) is 17.2. The molecule has 0 spiro atoms. The van der Waals surface area contributed by atoms with E-state index in [9.17, 15) is 14.4 Å². The third-order valence-corrected chi connectivity index (χ3v) is 5.75. The summed E-state index contributed by atoms with van der Waals surface area (Å²) in [7, 11) is 3.48. The van der Waals surface area contributed by atoms with E-state index in [-0.39, 0.29) is 23.4 Å². The molecule has 8 nitrogen and oxygen atoms in total. The van der Waals surface area contributed by atoms with E-state index in [2.05, 4.69) is 10.3 Å². The first-order valence-electron chi connectivity index (χ1n) is 10.0. The highest BCUT2D eigenvalue weighted by Gasteiger charge is 2.30. The normalized spacial score (nSPS) is 16.8. The van der Waals surface area contributed by atoms with E-state index in [4.69, 9.17) is 0 Å². The molecule has 30 heavy (non-hydrogen) atoms. The van der Waals surface area contributed by atoms with Crippen molar-refractivity contribution in [2.75, 3.05) is 6.54 Å². The van der Waals surface area contributed by atoms with E-state index in [1.165, 1.54) is 0 Å². The number of pyridine rings is 1. The summed E-state index contributed by atoms with van der Waals surface area (Å²) in [6, 6.07) is 11.3. The minimum atomic E-state index is -0.240. The average molecular weight is 407 g/mol. The Morgan fingerprint density at radius 2 is 1.93 bits per heavy atom. The maximum absolute atomic E-state index is 12.7. The Bertz CT molecular complexity index is 1150. The minimum absolute atomic E-state index is 0.0557. The topological polar surface area (TPSA) is 89.2 Å². The number of carbonyl (C=O) groups is 2. The summed E-state index contributed by atoms with van der Waals surface area (Å²) in [5.41, 5.74) is 3.35. The molecule has 3 heterocycles. The first kappa shape index (κ1) is 19.9. The number of rotatable bonds is 5. The Hall–Kier alpha value is -3.42. The number of fused-ring (bicyclic) bond motifs is 1. The van der Waals surface area contributed by atoms with Crippen molar-refractivity contribution in [3.05, 3.63) is 64.3 Å². The standard InChI is InChI=1S/C22H25N5O3/c1-25-18-8-6-15(11-19(18)26(2)22(25)30)12-24-21(29)16-7-9-20(28)27(13-16)14-17-5-3-4-10-23-17/h3-6,8,10-11,16H,7,9,12-14H2,1-2H3,(H,24,29)/t16-/m0/s1. The van der Waals surface area contributed by atoms with E-state index in [0.29, 0.717) is 32.5 Å². The molecule has 3 aromatic rings. The van der Waals surface area contributed by atoms with Gasteiger partial charge < -0.3 is 10.2 Å². The van der Waals surface area contributed by atoms with Crippen LogP contribution in [0, 0.1) is 5.92 Å². The Labute approximate surface area is 174 Å². The first-order valence-corrected chi connectivity index (χ1v) is 10.0. The molecule has 1 aliphatic rings. The van der Waals surface area contributed by atoms with Crippen LogP contribution in [-0.2, 0) is 36.8 Å². The molecule has 156 valence electrons. The van der Waals surface area contributed by atoms with Gasteiger partial charge in [0, 0.05) is 39.8 Å². The monoisotopic (exact) mass is 407 g/mol. The highest BCUT2D eigenvalue weighted by atomic mass is 16.2. The van der Waals surface area contributed by atoms with Crippen molar-refractivity contribution in [1.29, 1.82) is 0 Å². The quantitative estimate of drug-likeness (QED) is 0.691. The van der Waals surface area contributed by atoms with Gasteiger partial charge in [-0.15, -0.1) is 0 Å². The molecule has 4 rings (SSSR count). The van der Waals surface area contributed by atoms with Gasteiger partial charge in [-0.05, 0) is 36.2 Å². The molecule has 2 amide bonds. The average Bonchev–Trinajstić information content (AvgIpc) is 2.98. The Morgan fingerprint density at radius 1 is 1.13 bits per heavy atom. The highest BCUT2D eigenvalue weighted by Crippen LogP contribution is 2.20. The van der Waals surface area contributed by atoms with Crippen LogP contribution in [0.15, 0.2) is 47.4 Å². The summed E-state index contributed by atoms with van der Waals surface area (Å²) in [6.45, 7) is 1.19. The fraction of sp³-hybridized carbons (Fsp3) is 0.364. The highest BCUT2D eigenvalue weighted by molar-refractivity contribution is 5.84. The van der Waals surface area contributed by atoms with Crippen molar-refractivity contribution in [3.63, 3.8) is 0 Å². The lowest BCUT2D eigenvalue weighted by Gasteiger charge is -2.31. The molecule has 2 aromatic heterocycles. The molecule has 0 aliphatic carbocycles. The maximum Gasteiger partial charge on any atom is 0.328 e. The van der Waals surface area contributed by atoms with Gasteiger partial charge in [-0.1, -0.05) is 12.1 Å². The van der Waals surface area contributed by atoms with Crippen LogP contribution in [0.5, 0.6) is 0 Å². The number of nitrogens with zero attached hydrogens (tertiary/aromatic N) is 4. The summed E-state index contributed by atoms with van der Waals surface area (Å²) in [4.78, 5) is 43.1. The lowest BCUT2D eigenvalue weighted by Crippen LogP contribution is -2.45. The lowest BCUT2D eigenvalue weighted by atomic mass is 9.96. The molecule has 0 saturated carbocycles. The third kappa shape index (κ3) is 3.85. The fourth-order valence-electron chi connectivity index (χ4n) is 3.96. The summed E-state index contributed by atoms with van der Waals surface area (Å²) in [5.74, 6) is -0.244. The molecule has 8 heteroatoms. The number of hydrogen-bond acceptors (Lipinski definition) is 4. The van der Waals surface area contributed by atoms with Gasteiger partial charge in [-0.25, -0.2) is 4.79 Å². The first-order chi connectivity index (χ1) is 14.4. The molecular formula is C22H25N5O3. The van der Waals surface area contributed by atoms with Crippen LogP contribution in [0.4, 0.5) is 0 Å². The molecule has 0 radical (unpaired) electrons. The molecule has 0 unspecified atom stereocenters. The summed E-state index contributed by atoms with van der Waals surface area (Å²) < 4.78 is 3.20.